The van der Waals surface area contributed by atoms with Crippen LogP contribution in [0.2, 0.25) is 0 Å². The molecule has 19 heavy (non-hydrogen) atoms. The van der Waals surface area contributed by atoms with E-state index < -0.39 is 18.2 Å². The van der Waals surface area contributed by atoms with E-state index in [9.17, 15) is 23.1 Å². The molecule has 110 valence electrons. The van der Waals surface area contributed by atoms with Crippen LogP contribution >= 0.6 is 0 Å². The number of carbonyl (C=O) groups is 1. The van der Waals surface area contributed by atoms with Crippen LogP contribution in [0.15, 0.2) is 0 Å². The first-order valence-corrected chi connectivity index (χ1v) is 7.13. The van der Waals surface area contributed by atoms with Crippen molar-refractivity contribution in [2.24, 2.45) is 17.8 Å². The van der Waals surface area contributed by atoms with Crippen molar-refractivity contribution in [1.29, 1.82) is 0 Å². The lowest BCUT2D eigenvalue weighted by Crippen LogP contribution is -2.49. The molecule has 0 saturated heterocycles. The molecule has 0 heterocycles. The molecule has 4 atom stereocenters. The van der Waals surface area contributed by atoms with Crippen LogP contribution in [0, 0.1) is 17.8 Å². The minimum absolute atomic E-state index is 0.170. The smallest absolute Gasteiger partial charge is 0.374 e. The number of hydrogen-bond acceptors (Lipinski definition) is 2. The Morgan fingerprint density at radius 3 is 2.32 bits per heavy atom. The highest BCUT2D eigenvalue weighted by Gasteiger charge is 2.55. The topological polar surface area (TPSA) is 37.3 Å². The largest absolute Gasteiger partial charge is 0.424 e. The van der Waals surface area contributed by atoms with Gasteiger partial charge in [-0.05, 0) is 30.6 Å². The highest BCUT2D eigenvalue weighted by Crippen LogP contribution is 2.48. The van der Waals surface area contributed by atoms with E-state index in [1.165, 1.54) is 0 Å². The highest BCUT2D eigenvalue weighted by atomic mass is 19.4. The van der Waals surface area contributed by atoms with Crippen molar-refractivity contribution in [2.75, 3.05) is 0 Å². The van der Waals surface area contributed by atoms with Crippen LogP contribution < -0.4 is 0 Å². The predicted molar refractivity (Wildman–Crippen MR) is 64.5 cm³/mol. The Morgan fingerprint density at radius 2 is 1.68 bits per heavy atom. The molecule has 1 N–H and O–H groups in total. The van der Waals surface area contributed by atoms with Crippen molar-refractivity contribution >= 4 is 6.29 Å². The third-order valence-electron chi connectivity index (χ3n) is 4.98. The number of rotatable bonds is 3. The van der Waals surface area contributed by atoms with Crippen molar-refractivity contribution in [3.05, 3.63) is 0 Å². The maximum absolute atomic E-state index is 12.8. The van der Waals surface area contributed by atoms with Crippen LogP contribution in [0.5, 0.6) is 0 Å². The molecular weight excluding hydrogens is 257 g/mol. The molecule has 4 unspecified atom stereocenters. The van der Waals surface area contributed by atoms with Crippen molar-refractivity contribution < 1.29 is 23.1 Å². The number of aldehydes is 1. The minimum Gasteiger partial charge on any atom is -0.374 e. The highest BCUT2D eigenvalue weighted by molar-refractivity contribution is 5.63. The molecule has 2 aliphatic carbocycles. The van der Waals surface area contributed by atoms with E-state index in [1.807, 2.05) is 0 Å². The van der Waals surface area contributed by atoms with Gasteiger partial charge in [0.15, 0.2) is 6.29 Å². The molecule has 0 bridgehead atoms. The van der Waals surface area contributed by atoms with Gasteiger partial charge in [-0.25, -0.2) is 0 Å². The van der Waals surface area contributed by atoms with Gasteiger partial charge >= 0.3 is 6.18 Å². The first-order chi connectivity index (χ1) is 8.87. The quantitative estimate of drug-likeness (QED) is 0.803. The molecule has 5 heteroatoms. The van der Waals surface area contributed by atoms with Crippen LogP contribution in [-0.4, -0.2) is 23.2 Å². The van der Waals surface area contributed by atoms with Crippen molar-refractivity contribution in [3.63, 3.8) is 0 Å². The standard InChI is InChI=1S/C14H21F3O2/c15-14(16,17)13(19,9-18)8-11-6-3-5-10-4-1-2-7-12(10)11/h9-12,19H,1-8H2. The second-order valence-corrected chi connectivity index (χ2v) is 6.14. The Balaban J connectivity index is 2.10. The Morgan fingerprint density at radius 1 is 1.05 bits per heavy atom. The molecule has 2 saturated carbocycles. The summed E-state index contributed by atoms with van der Waals surface area (Å²) in [5.74, 6) is 0.587. The van der Waals surface area contributed by atoms with Gasteiger partial charge in [-0.3, -0.25) is 4.79 Å². The summed E-state index contributed by atoms with van der Waals surface area (Å²) in [5, 5.41) is 9.61. The molecule has 0 spiro atoms. The van der Waals surface area contributed by atoms with Gasteiger partial charge in [0.05, 0.1) is 0 Å². The van der Waals surface area contributed by atoms with E-state index in [-0.39, 0.29) is 18.1 Å². The molecule has 0 aliphatic heterocycles. The zero-order chi connectivity index (χ0) is 14.1. The molecule has 0 radical (unpaired) electrons. The van der Waals surface area contributed by atoms with Gasteiger partial charge in [0.1, 0.15) is 0 Å². The lowest BCUT2D eigenvalue weighted by atomic mass is 9.63. The molecule has 2 nitrogen and oxygen atoms in total. The maximum Gasteiger partial charge on any atom is 0.424 e. The SMILES string of the molecule is O=CC(O)(CC1CCCC2CCCCC21)C(F)(F)F. The van der Waals surface area contributed by atoms with Gasteiger partial charge in [0.2, 0.25) is 5.60 Å². The summed E-state index contributed by atoms with van der Waals surface area (Å²) in [4.78, 5) is 10.7. The van der Waals surface area contributed by atoms with Crippen LogP contribution in [0.1, 0.15) is 51.4 Å². The van der Waals surface area contributed by atoms with Crippen molar-refractivity contribution in [1.82, 2.24) is 0 Å². The first kappa shape index (κ1) is 14.8. The summed E-state index contributed by atoms with van der Waals surface area (Å²) in [7, 11) is 0. The van der Waals surface area contributed by atoms with Crippen LogP contribution in [0.4, 0.5) is 13.2 Å². The van der Waals surface area contributed by atoms with Crippen LogP contribution in [0.3, 0.4) is 0 Å². The van der Waals surface area contributed by atoms with E-state index in [2.05, 4.69) is 0 Å². The molecular formula is C14H21F3O2. The maximum atomic E-state index is 12.8. The second kappa shape index (κ2) is 5.43. The Kier molecular flexibility index (Phi) is 4.23. The summed E-state index contributed by atoms with van der Waals surface area (Å²) in [6.07, 6.45) is 1.32. The Bertz CT molecular complexity index is 327. The fourth-order valence-electron chi connectivity index (χ4n) is 3.96. The summed E-state index contributed by atoms with van der Waals surface area (Å²) < 4.78 is 38.4. The first-order valence-electron chi connectivity index (χ1n) is 7.13. The van der Waals surface area contributed by atoms with Crippen LogP contribution in [-0.2, 0) is 4.79 Å². The second-order valence-electron chi connectivity index (χ2n) is 6.14. The molecule has 0 amide bonds. The lowest BCUT2D eigenvalue weighted by molar-refractivity contribution is -0.252. The Hall–Kier alpha value is -0.580. The predicted octanol–water partition coefficient (Wildman–Crippen LogP) is 3.48. The molecule has 2 aliphatic rings. The van der Waals surface area contributed by atoms with E-state index in [1.54, 1.807) is 0 Å². The summed E-state index contributed by atoms with van der Waals surface area (Å²) in [6, 6.07) is 0. The summed E-state index contributed by atoms with van der Waals surface area (Å²) in [5.41, 5.74) is -3.16. The van der Waals surface area contributed by atoms with Gasteiger partial charge in [-0.15, -0.1) is 0 Å². The number of carbonyl (C=O) groups excluding carboxylic acids is 1. The number of fused-ring (bicyclic) bond motifs is 1. The number of alkyl halides is 3. The van der Waals surface area contributed by atoms with Crippen LogP contribution in [0.25, 0.3) is 0 Å². The average molecular weight is 278 g/mol. The molecule has 0 aromatic heterocycles. The van der Waals surface area contributed by atoms with Gasteiger partial charge < -0.3 is 5.11 Å². The fraction of sp³-hybridized carbons (Fsp3) is 0.929. The van der Waals surface area contributed by atoms with E-state index in [0.29, 0.717) is 12.3 Å². The molecule has 2 rings (SSSR count). The van der Waals surface area contributed by atoms with E-state index >= 15 is 0 Å². The fourth-order valence-corrected chi connectivity index (χ4v) is 3.96. The van der Waals surface area contributed by atoms with E-state index in [4.69, 9.17) is 0 Å². The van der Waals surface area contributed by atoms with Gasteiger partial charge in [0, 0.05) is 0 Å². The van der Waals surface area contributed by atoms with Crippen molar-refractivity contribution in [2.45, 2.75) is 63.1 Å². The third kappa shape index (κ3) is 2.96. The van der Waals surface area contributed by atoms with Gasteiger partial charge in [-0.2, -0.15) is 13.2 Å². The van der Waals surface area contributed by atoms with E-state index in [0.717, 1.165) is 38.5 Å². The number of halogens is 3. The molecule has 2 fully saturated rings. The normalized spacial score (nSPS) is 35.3. The minimum atomic E-state index is -4.86. The van der Waals surface area contributed by atoms with Crippen molar-refractivity contribution in [3.8, 4) is 0 Å². The summed E-state index contributed by atoms with van der Waals surface area (Å²) in [6.45, 7) is 0. The lowest BCUT2D eigenvalue weighted by Gasteiger charge is -2.43. The number of aliphatic hydroxyl groups is 1. The molecule has 0 aromatic carbocycles. The zero-order valence-electron chi connectivity index (χ0n) is 11.0. The molecule has 0 aromatic rings. The number of hydrogen-bond donors (Lipinski definition) is 1. The summed E-state index contributed by atoms with van der Waals surface area (Å²) >= 11 is 0. The van der Waals surface area contributed by atoms with Gasteiger partial charge in [0.25, 0.3) is 0 Å². The zero-order valence-corrected chi connectivity index (χ0v) is 11.0. The average Bonchev–Trinajstić information content (AvgIpc) is 2.38. The monoisotopic (exact) mass is 278 g/mol. The Labute approximate surface area is 111 Å². The van der Waals surface area contributed by atoms with Gasteiger partial charge in [-0.1, -0.05) is 38.5 Å². The third-order valence-corrected chi connectivity index (χ3v) is 4.98.